The van der Waals surface area contributed by atoms with Gasteiger partial charge >= 0.3 is 0 Å². The van der Waals surface area contributed by atoms with Gasteiger partial charge in [-0.05, 0) is 0 Å². The molecule has 0 bridgehead atoms. The first-order valence-electron chi connectivity index (χ1n) is 3.45. The summed E-state index contributed by atoms with van der Waals surface area (Å²) in [6.45, 7) is -0.478. The number of ether oxygens (including phenoxy) is 1. The van der Waals surface area contributed by atoms with Gasteiger partial charge in [0.1, 0.15) is 12.2 Å². The molecule has 0 amide bonds. The molecular formula is C6H12O5. The van der Waals surface area contributed by atoms with Crippen LogP contribution in [0.25, 0.3) is 0 Å². The maximum absolute atomic E-state index is 9.10. The van der Waals surface area contributed by atoms with E-state index < -0.39 is 31.2 Å². The summed E-state index contributed by atoms with van der Waals surface area (Å²) in [6.07, 6.45) is -3.83. The first-order chi connectivity index (χ1) is 5.15. The summed E-state index contributed by atoms with van der Waals surface area (Å²) in [5, 5.41) is 35.4. The molecule has 4 atom stereocenters. The maximum atomic E-state index is 9.10. The highest BCUT2D eigenvalue weighted by molar-refractivity contribution is 4.82. The number of rotatable bonds is 2. The van der Waals surface area contributed by atoms with E-state index in [9.17, 15) is 0 Å². The van der Waals surface area contributed by atoms with Crippen LogP contribution in [-0.4, -0.2) is 51.6 Å². The third-order valence-electron chi connectivity index (χ3n) is 1.70. The van der Waals surface area contributed by atoms with Gasteiger partial charge in [-0.3, -0.25) is 0 Å². The van der Waals surface area contributed by atoms with Crippen LogP contribution < -0.4 is 0 Å². The number of hydrogen-bond acceptors (Lipinski definition) is 5. The first-order valence-corrected chi connectivity index (χ1v) is 3.45. The monoisotopic (exact) mass is 164 g/mol. The molecule has 0 aliphatic carbocycles. The zero-order chi connectivity index (χ0) is 8.43. The molecule has 1 heterocycles. The second kappa shape index (κ2) is 3.46. The molecule has 1 rings (SSSR count). The summed E-state index contributed by atoms with van der Waals surface area (Å²) in [6, 6.07) is 0. The molecular weight excluding hydrogens is 152 g/mol. The smallest absolute Gasteiger partial charge is 0.157 e. The molecule has 0 saturated carbocycles. The lowest BCUT2D eigenvalue weighted by atomic mass is 10.1. The van der Waals surface area contributed by atoms with E-state index in [1.807, 2.05) is 0 Å². The fourth-order valence-electron chi connectivity index (χ4n) is 1.12. The SMILES string of the molecule is OC[C@H](O)[C@@H]1O[C@H](O)C[C@H]1O. The van der Waals surface area contributed by atoms with E-state index in [1.54, 1.807) is 0 Å². The van der Waals surface area contributed by atoms with Crippen LogP contribution in [0.5, 0.6) is 0 Å². The summed E-state index contributed by atoms with van der Waals surface area (Å²) in [5.74, 6) is 0. The maximum Gasteiger partial charge on any atom is 0.157 e. The standard InChI is InChI=1S/C6H12O5/c7-2-4(9)6-3(8)1-5(10)11-6/h3-10H,1-2H2/t3-,4+,5+,6-/m1/s1. The van der Waals surface area contributed by atoms with Crippen molar-refractivity contribution in [3.63, 3.8) is 0 Å². The lowest BCUT2D eigenvalue weighted by Gasteiger charge is -2.17. The van der Waals surface area contributed by atoms with Crippen molar-refractivity contribution >= 4 is 0 Å². The van der Waals surface area contributed by atoms with Crippen LogP contribution in [0.15, 0.2) is 0 Å². The van der Waals surface area contributed by atoms with Crippen LogP contribution in [0.3, 0.4) is 0 Å². The Morgan fingerprint density at radius 2 is 2.09 bits per heavy atom. The molecule has 5 nitrogen and oxygen atoms in total. The molecule has 0 aromatic carbocycles. The van der Waals surface area contributed by atoms with Crippen LogP contribution in [0, 0.1) is 0 Å². The highest BCUT2D eigenvalue weighted by Gasteiger charge is 2.37. The topological polar surface area (TPSA) is 90.2 Å². The van der Waals surface area contributed by atoms with Gasteiger partial charge in [-0.25, -0.2) is 0 Å². The average molecular weight is 164 g/mol. The minimum absolute atomic E-state index is 0.0850. The van der Waals surface area contributed by atoms with E-state index in [2.05, 4.69) is 0 Å². The Balaban J connectivity index is 2.45. The zero-order valence-corrected chi connectivity index (χ0v) is 5.92. The lowest BCUT2D eigenvalue weighted by molar-refractivity contribution is -0.136. The van der Waals surface area contributed by atoms with Gasteiger partial charge in [0.25, 0.3) is 0 Å². The van der Waals surface area contributed by atoms with Crippen molar-refractivity contribution in [1.29, 1.82) is 0 Å². The van der Waals surface area contributed by atoms with E-state index in [0.717, 1.165) is 0 Å². The molecule has 0 unspecified atom stereocenters. The van der Waals surface area contributed by atoms with Crippen LogP contribution in [-0.2, 0) is 4.74 Å². The third-order valence-corrected chi connectivity index (χ3v) is 1.70. The number of hydrogen-bond donors (Lipinski definition) is 4. The van der Waals surface area contributed by atoms with Crippen LogP contribution in [0.1, 0.15) is 6.42 Å². The second-order valence-electron chi connectivity index (χ2n) is 2.61. The molecule has 0 aromatic rings. The molecule has 1 fully saturated rings. The predicted molar refractivity (Wildman–Crippen MR) is 34.6 cm³/mol. The quantitative estimate of drug-likeness (QED) is 0.372. The molecule has 66 valence electrons. The van der Waals surface area contributed by atoms with E-state index in [0.29, 0.717) is 0 Å². The molecule has 5 heteroatoms. The van der Waals surface area contributed by atoms with Crippen LogP contribution >= 0.6 is 0 Å². The van der Waals surface area contributed by atoms with Gasteiger partial charge in [-0.15, -0.1) is 0 Å². The Bertz CT molecular complexity index is 124. The molecule has 4 N–H and O–H groups in total. The Morgan fingerprint density at radius 3 is 2.45 bits per heavy atom. The van der Waals surface area contributed by atoms with Gasteiger partial charge in [0, 0.05) is 6.42 Å². The van der Waals surface area contributed by atoms with Gasteiger partial charge in [0.2, 0.25) is 0 Å². The zero-order valence-electron chi connectivity index (χ0n) is 5.92. The second-order valence-corrected chi connectivity index (χ2v) is 2.61. The van der Waals surface area contributed by atoms with Crippen molar-refractivity contribution in [2.24, 2.45) is 0 Å². The molecule has 0 aromatic heterocycles. The van der Waals surface area contributed by atoms with Crippen molar-refractivity contribution in [3.8, 4) is 0 Å². The molecule has 1 aliphatic heterocycles. The minimum atomic E-state index is -1.12. The van der Waals surface area contributed by atoms with Gasteiger partial charge < -0.3 is 25.2 Å². The van der Waals surface area contributed by atoms with Crippen molar-refractivity contribution < 1.29 is 25.2 Å². The Kier molecular flexibility index (Phi) is 2.80. The molecule has 1 aliphatic rings. The summed E-state index contributed by atoms with van der Waals surface area (Å²) in [5.41, 5.74) is 0. The van der Waals surface area contributed by atoms with Crippen LogP contribution in [0.4, 0.5) is 0 Å². The Hall–Kier alpha value is -0.200. The average Bonchev–Trinajstić information content (AvgIpc) is 2.28. The summed E-state index contributed by atoms with van der Waals surface area (Å²) < 4.78 is 4.72. The Morgan fingerprint density at radius 1 is 1.45 bits per heavy atom. The van der Waals surface area contributed by atoms with Gasteiger partial charge in [-0.2, -0.15) is 0 Å². The summed E-state index contributed by atoms with van der Waals surface area (Å²) in [7, 11) is 0. The summed E-state index contributed by atoms with van der Waals surface area (Å²) in [4.78, 5) is 0. The lowest BCUT2D eigenvalue weighted by Crippen LogP contribution is -2.36. The highest BCUT2D eigenvalue weighted by Crippen LogP contribution is 2.20. The van der Waals surface area contributed by atoms with E-state index in [-0.39, 0.29) is 6.42 Å². The fraction of sp³-hybridized carbons (Fsp3) is 1.00. The van der Waals surface area contributed by atoms with Crippen molar-refractivity contribution in [2.45, 2.75) is 31.0 Å². The molecule has 1 saturated heterocycles. The summed E-state index contributed by atoms with van der Waals surface area (Å²) >= 11 is 0. The predicted octanol–water partition coefficient (Wildman–Crippen LogP) is -2.19. The first kappa shape index (κ1) is 8.89. The van der Waals surface area contributed by atoms with E-state index in [1.165, 1.54) is 0 Å². The molecule has 0 radical (unpaired) electrons. The number of aliphatic hydroxyl groups excluding tert-OH is 4. The van der Waals surface area contributed by atoms with Crippen molar-refractivity contribution in [3.05, 3.63) is 0 Å². The van der Waals surface area contributed by atoms with Crippen molar-refractivity contribution in [2.75, 3.05) is 6.61 Å². The molecule has 0 spiro atoms. The normalized spacial score (nSPS) is 40.9. The van der Waals surface area contributed by atoms with Crippen LogP contribution in [0.2, 0.25) is 0 Å². The third kappa shape index (κ3) is 1.88. The fourth-order valence-corrected chi connectivity index (χ4v) is 1.12. The van der Waals surface area contributed by atoms with Gasteiger partial charge in [0.15, 0.2) is 6.29 Å². The van der Waals surface area contributed by atoms with Gasteiger partial charge in [0.05, 0.1) is 12.7 Å². The molecule has 11 heavy (non-hydrogen) atoms. The van der Waals surface area contributed by atoms with E-state index >= 15 is 0 Å². The highest BCUT2D eigenvalue weighted by atomic mass is 16.6. The van der Waals surface area contributed by atoms with Crippen molar-refractivity contribution in [1.82, 2.24) is 0 Å². The Labute approximate surface area is 63.8 Å². The number of aliphatic hydroxyl groups is 4. The van der Waals surface area contributed by atoms with Gasteiger partial charge in [-0.1, -0.05) is 0 Å². The van der Waals surface area contributed by atoms with E-state index in [4.69, 9.17) is 25.2 Å². The minimum Gasteiger partial charge on any atom is -0.394 e. The largest absolute Gasteiger partial charge is 0.394 e.